The molecule has 1 atom stereocenters. The number of nitrogens with one attached hydrogen (secondary N) is 1. The summed E-state index contributed by atoms with van der Waals surface area (Å²) in [6, 6.07) is 0.460. The first-order valence-electron chi connectivity index (χ1n) is 6.97. The van der Waals surface area contributed by atoms with Gasteiger partial charge < -0.3 is 5.32 Å². The number of halogens is 1. The van der Waals surface area contributed by atoms with Gasteiger partial charge in [-0.2, -0.15) is 0 Å². The minimum atomic E-state index is -0.304. The third-order valence-electron chi connectivity index (χ3n) is 4.09. The first-order valence-corrected chi connectivity index (χ1v) is 6.97. The molecule has 5 nitrogen and oxygen atoms in total. The molecule has 3 aliphatic rings. The predicted octanol–water partition coefficient (Wildman–Crippen LogP) is 0.590. The van der Waals surface area contributed by atoms with Gasteiger partial charge in [-0.15, -0.1) is 0 Å². The van der Waals surface area contributed by atoms with Crippen LogP contribution in [0.3, 0.4) is 0 Å². The maximum atomic E-state index is 14.0. The van der Waals surface area contributed by atoms with E-state index in [9.17, 15) is 4.39 Å². The highest BCUT2D eigenvalue weighted by molar-refractivity contribution is 5.37. The van der Waals surface area contributed by atoms with Crippen LogP contribution in [0, 0.1) is 5.82 Å². The fourth-order valence-corrected chi connectivity index (χ4v) is 2.91. The Bertz CT molecular complexity index is 445. The summed E-state index contributed by atoms with van der Waals surface area (Å²) in [5, 5.41) is 3.15. The van der Waals surface area contributed by atoms with Gasteiger partial charge in [-0.1, -0.05) is 6.92 Å². The van der Waals surface area contributed by atoms with Crippen LogP contribution >= 0.6 is 0 Å². The van der Waals surface area contributed by atoms with E-state index in [4.69, 9.17) is 0 Å². The lowest BCUT2D eigenvalue weighted by Crippen LogP contribution is -2.62. The lowest BCUT2D eigenvalue weighted by atomic mass is 10.1. The summed E-state index contributed by atoms with van der Waals surface area (Å²) in [6.07, 6.45) is 2.02. The molecule has 0 radical (unpaired) electrons. The summed E-state index contributed by atoms with van der Waals surface area (Å²) in [7, 11) is 0. The molecule has 0 spiro atoms. The van der Waals surface area contributed by atoms with Crippen molar-refractivity contribution in [3.63, 3.8) is 0 Å². The molecule has 3 saturated heterocycles. The number of aromatic nitrogens is 2. The van der Waals surface area contributed by atoms with Gasteiger partial charge in [-0.05, 0) is 6.42 Å². The molecule has 3 fully saturated rings. The van der Waals surface area contributed by atoms with Crippen molar-refractivity contribution in [2.24, 2.45) is 0 Å². The minimum absolute atomic E-state index is 0.304. The number of rotatable bonds is 4. The highest BCUT2D eigenvalue weighted by atomic mass is 19.1. The van der Waals surface area contributed by atoms with Crippen LogP contribution in [0.1, 0.15) is 12.6 Å². The van der Waals surface area contributed by atoms with Crippen LogP contribution in [0.15, 0.2) is 6.33 Å². The summed E-state index contributed by atoms with van der Waals surface area (Å²) in [5.41, 5.74) is 0.478. The quantitative estimate of drug-likeness (QED) is 0.863. The van der Waals surface area contributed by atoms with Crippen molar-refractivity contribution in [1.82, 2.24) is 19.8 Å². The van der Waals surface area contributed by atoms with Crippen LogP contribution in [-0.4, -0.2) is 65.1 Å². The Balaban J connectivity index is 1.63. The van der Waals surface area contributed by atoms with Crippen molar-refractivity contribution in [3.8, 4) is 0 Å². The number of anilines is 1. The van der Waals surface area contributed by atoms with Crippen molar-refractivity contribution >= 4 is 5.82 Å². The SMILES string of the molecule is CCc1ncnc(NCC2CN3CCN2CC3)c1F. The number of piperazine rings is 3. The molecule has 1 N–H and O–H groups in total. The van der Waals surface area contributed by atoms with Crippen LogP contribution < -0.4 is 5.32 Å². The average Bonchev–Trinajstić information content (AvgIpc) is 2.47. The molecule has 1 unspecified atom stereocenters. The lowest BCUT2D eigenvalue weighted by molar-refractivity contribution is 0.0189. The molecule has 1 aromatic rings. The van der Waals surface area contributed by atoms with Gasteiger partial charge in [0, 0.05) is 45.3 Å². The predicted molar refractivity (Wildman–Crippen MR) is 71.7 cm³/mol. The first kappa shape index (κ1) is 12.7. The molecule has 6 heteroatoms. The van der Waals surface area contributed by atoms with Crippen LogP contribution in [0.5, 0.6) is 0 Å². The first-order chi connectivity index (χ1) is 9.28. The van der Waals surface area contributed by atoms with E-state index in [2.05, 4.69) is 25.1 Å². The van der Waals surface area contributed by atoms with Gasteiger partial charge >= 0.3 is 0 Å². The van der Waals surface area contributed by atoms with Gasteiger partial charge in [0.2, 0.25) is 0 Å². The standard InChI is InChI=1S/C13H20FN5/c1-2-11-12(14)13(17-9-16-11)15-7-10-8-18-3-5-19(10)6-4-18/h9-10H,2-8H2,1H3,(H,15,16,17). The van der Waals surface area contributed by atoms with Crippen molar-refractivity contribution in [3.05, 3.63) is 17.8 Å². The van der Waals surface area contributed by atoms with E-state index in [0.717, 1.165) is 26.2 Å². The topological polar surface area (TPSA) is 44.3 Å². The summed E-state index contributed by atoms with van der Waals surface area (Å²) < 4.78 is 14.0. The molecule has 0 aromatic carbocycles. The van der Waals surface area contributed by atoms with Crippen molar-refractivity contribution in [2.45, 2.75) is 19.4 Å². The Kier molecular flexibility index (Phi) is 3.61. The number of hydrogen-bond acceptors (Lipinski definition) is 5. The lowest BCUT2D eigenvalue weighted by Gasteiger charge is -2.47. The van der Waals surface area contributed by atoms with Gasteiger partial charge in [0.15, 0.2) is 11.6 Å². The maximum absolute atomic E-state index is 14.0. The van der Waals surface area contributed by atoms with Gasteiger partial charge in [-0.3, -0.25) is 9.80 Å². The molecule has 4 heterocycles. The molecule has 2 bridgehead atoms. The number of hydrogen-bond donors (Lipinski definition) is 1. The van der Waals surface area contributed by atoms with Crippen LogP contribution in [0.2, 0.25) is 0 Å². The molecular formula is C13H20FN5. The zero-order valence-electron chi connectivity index (χ0n) is 11.3. The van der Waals surface area contributed by atoms with E-state index in [1.54, 1.807) is 0 Å². The molecule has 0 amide bonds. The van der Waals surface area contributed by atoms with Crippen molar-refractivity contribution in [2.75, 3.05) is 44.6 Å². The highest BCUT2D eigenvalue weighted by Crippen LogP contribution is 2.17. The van der Waals surface area contributed by atoms with Crippen LogP contribution in [-0.2, 0) is 6.42 Å². The second kappa shape index (κ2) is 5.38. The average molecular weight is 265 g/mol. The molecule has 1 aromatic heterocycles. The number of fused-ring (bicyclic) bond motifs is 3. The summed E-state index contributed by atoms with van der Waals surface area (Å²) in [6.45, 7) is 8.29. The van der Waals surface area contributed by atoms with Crippen LogP contribution in [0.25, 0.3) is 0 Å². The fraction of sp³-hybridized carbons (Fsp3) is 0.692. The molecule has 0 aliphatic carbocycles. The number of aryl methyl sites for hydroxylation is 1. The fourth-order valence-electron chi connectivity index (χ4n) is 2.91. The van der Waals surface area contributed by atoms with E-state index in [1.807, 2.05) is 6.92 Å². The number of nitrogens with zero attached hydrogens (tertiary/aromatic N) is 4. The van der Waals surface area contributed by atoms with Crippen LogP contribution in [0.4, 0.5) is 10.2 Å². The van der Waals surface area contributed by atoms with Crippen molar-refractivity contribution in [1.29, 1.82) is 0 Å². The zero-order valence-corrected chi connectivity index (χ0v) is 11.3. The van der Waals surface area contributed by atoms with E-state index in [1.165, 1.54) is 19.4 Å². The Morgan fingerprint density at radius 3 is 2.74 bits per heavy atom. The maximum Gasteiger partial charge on any atom is 0.186 e. The second-order valence-electron chi connectivity index (χ2n) is 5.21. The van der Waals surface area contributed by atoms with E-state index >= 15 is 0 Å². The Morgan fingerprint density at radius 1 is 1.32 bits per heavy atom. The highest BCUT2D eigenvalue weighted by Gasteiger charge is 2.31. The molecule has 0 saturated carbocycles. The summed E-state index contributed by atoms with van der Waals surface area (Å²) in [4.78, 5) is 12.9. The van der Waals surface area contributed by atoms with E-state index in [0.29, 0.717) is 24.0 Å². The summed E-state index contributed by atoms with van der Waals surface area (Å²) in [5.74, 6) is 0.0331. The largest absolute Gasteiger partial charge is 0.366 e. The Morgan fingerprint density at radius 2 is 2.11 bits per heavy atom. The third-order valence-corrected chi connectivity index (χ3v) is 4.09. The molecule has 104 valence electrons. The monoisotopic (exact) mass is 265 g/mol. The van der Waals surface area contributed by atoms with Gasteiger partial charge in [-0.25, -0.2) is 14.4 Å². The smallest absolute Gasteiger partial charge is 0.186 e. The molecule has 3 aliphatic heterocycles. The van der Waals surface area contributed by atoms with E-state index in [-0.39, 0.29) is 5.82 Å². The minimum Gasteiger partial charge on any atom is -0.366 e. The van der Waals surface area contributed by atoms with Gasteiger partial charge in [0.25, 0.3) is 0 Å². The Labute approximate surface area is 112 Å². The molecular weight excluding hydrogens is 245 g/mol. The van der Waals surface area contributed by atoms with E-state index < -0.39 is 0 Å². The summed E-state index contributed by atoms with van der Waals surface area (Å²) >= 11 is 0. The Hall–Kier alpha value is -1.27. The molecule has 19 heavy (non-hydrogen) atoms. The van der Waals surface area contributed by atoms with Gasteiger partial charge in [0.05, 0.1) is 5.69 Å². The van der Waals surface area contributed by atoms with Crippen molar-refractivity contribution < 1.29 is 4.39 Å². The molecule has 4 rings (SSSR count). The normalized spacial score (nSPS) is 29.5. The third kappa shape index (κ3) is 2.55. The van der Waals surface area contributed by atoms with Gasteiger partial charge in [0.1, 0.15) is 6.33 Å². The zero-order chi connectivity index (χ0) is 13.2. The second-order valence-corrected chi connectivity index (χ2v) is 5.21.